The second-order valence-electron chi connectivity index (χ2n) is 3.70. The first-order chi connectivity index (χ1) is 5.57. The molecule has 0 radical (unpaired) electrons. The van der Waals surface area contributed by atoms with Crippen LogP contribution >= 0.6 is 0 Å². The van der Waals surface area contributed by atoms with Gasteiger partial charge >= 0.3 is 0 Å². The number of aliphatic hydroxyl groups excluding tert-OH is 1. The summed E-state index contributed by atoms with van der Waals surface area (Å²) in [6.07, 6.45) is 2.18. The summed E-state index contributed by atoms with van der Waals surface area (Å²) >= 11 is 0. The molecule has 0 amide bonds. The molecule has 0 aliphatic carbocycles. The number of hydrogen-bond acceptors (Lipinski definition) is 2. The molecule has 0 aromatic rings. The number of Topliss-reactive ketones (excluding diaryl/α,β-unsaturated/α-hetero) is 1. The Morgan fingerprint density at radius 2 is 1.92 bits per heavy atom. The van der Waals surface area contributed by atoms with E-state index in [4.69, 9.17) is 0 Å². The van der Waals surface area contributed by atoms with E-state index in [-0.39, 0.29) is 5.78 Å². The van der Waals surface area contributed by atoms with E-state index in [9.17, 15) is 9.90 Å². The molecule has 0 aliphatic rings. The molecule has 0 bridgehead atoms. The van der Waals surface area contributed by atoms with E-state index in [0.29, 0.717) is 18.8 Å². The van der Waals surface area contributed by atoms with Gasteiger partial charge in [0.1, 0.15) is 6.10 Å². The van der Waals surface area contributed by atoms with Crippen LogP contribution in [-0.4, -0.2) is 17.0 Å². The predicted molar refractivity (Wildman–Crippen MR) is 50.0 cm³/mol. The van der Waals surface area contributed by atoms with Gasteiger partial charge in [-0.15, -0.1) is 0 Å². The third-order valence-corrected chi connectivity index (χ3v) is 1.90. The van der Waals surface area contributed by atoms with Crippen molar-refractivity contribution in [2.24, 2.45) is 5.92 Å². The molecule has 0 saturated carbocycles. The Labute approximate surface area is 75.0 Å². The van der Waals surface area contributed by atoms with Crippen LogP contribution in [0.25, 0.3) is 0 Å². The zero-order valence-electron chi connectivity index (χ0n) is 8.34. The summed E-state index contributed by atoms with van der Waals surface area (Å²) in [7, 11) is 0. The minimum absolute atomic E-state index is 0.00514. The predicted octanol–water partition coefficient (Wildman–Crippen LogP) is 2.15. The van der Waals surface area contributed by atoms with Crippen LogP contribution < -0.4 is 0 Å². The minimum Gasteiger partial charge on any atom is -0.385 e. The summed E-state index contributed by atoms with van der Waals surface area (Å²) in [5.74, 6) is 0.549. The van der Waals surface area contributed by atoms with E-state index < -0.39 is 6.10 Å². The quantitative estimate of drug-likeness (QED) is 0.666. The molecule has 72 valence electrons. The van der Waals surface area contributed by atoms with Gasteiger partial charge in [-0.05, 0) is 18.8 Å². The van der Waals surface area contributed by atoms with Crippen molar-refractivity contribution in [2.75, 3.05) is 0 Å². The van der Waals surface area contributed by atoms with Crippen LogP contribution in [0.15, 0.2) is 0 Å². The molecule has 0 spiro atoms. The normalized spacial score (nSPS) is 13.4. The molecular formula is C10H20O2. The highest BCUT2D eigenvalue weighted by Crippen LogP contribution is 2.08. The molecule has 0 aromatic heterocycles. The van der Waals surface area contributed by atoms with E-state index in [1.54, 1.807) is 0 Å². The number of rotatable bonds is 6. The molecule has 1 unspecified atom stereocenters. The van der Waals surface area contributed by atoms with Gasteiger partial charge in [0.2, 0.25) is 0 Å². The van der Waals surface area contributed by atoms with Gasteiger partial charge in [0.15, 0.2) is 5.78 Å². The molecule has 12 heavy (non-hydrogen) atoms. The Balaban J connectivity index is 3.57. The van der Waals surface area contributed by atoms with Gasteiger partial charge in [0.05, 0.1) is 0 Å². The number of carbonyl (C=O) groups is 1. The highest BCUT2D eigenvalue weighted by atomic mass is 16.3. The fourth-order valence-electron chi connectivity index (χ4n) is 1.03. The van der Waals surface area contributed by atoms with Crippen molar-refractivity contribution < 1.29 is 9.90 Å². The van der Waals surface area contributed by atoms with Crippen LogP contribution in [0, 0.1) is 5.92 Å². The van der Waals surface area contributed by atoms with Crippen LogP contribution in [0.4, 0.5) is 0 Å². The smallest absolute Gasteiger partial charge is 0.161 e. The molecule has 1 atom stereocenters. The monoisotopic (exact) mass is 172 g/mol. The Bertz CT molecular complexity index is 130. The van der Waals surface area contributed by atoms with E-state index >= 15 is 0 Å². The highest BCUT2D eigenvalue weighted by molar-refractivity contribution is 5.82. The molecule has 0 aromatic carbocycles. The summed E-state index contributed by atoms with van der Waals surface area (Å²) in [6.45, 7) is 6.14. The summed E-state index contributed by atoms with van der Waals surface area (Å²) in [6, 6.07) is 0. The third kappa shape index (κ3) is 5.30. The Morgan fingerprint density at radius 1 is 1.33 bits per heavy atom. The van der Waals surface area contributed by atoms with Gasteiger partial charge in [-0.1, -0.05) is 27.2 Å². The van der Waals surface area contributed by atoms with E-state index in [1.165, 1.54) is 0 Å². The highest BCUT2D eigenvalue weighted by Gasteiger charge is 2.13. The SMILES string of the molecule is CCCC(O)C(=O)CCC(C)C. The molecule has 0 fully saturated rings. The van der Waals surface area contributed by atoms with E-state index in [1.807, 2.05) is 6.92 Å². The summed E-state index contributed by atoms with van der Waals surface area (Å²) in [4.78, 5) is 11.2. The lowest BCUT2D eigenvalue weighted by Crippen LogP contribution is -2.20. The number of aliphatic hydroxyl groups is 1. The lowest BCUT2D eigenvalue weighted by Gasteiger charge is -2.08. The number of hydrogen-bond donors (Lipinski definition) is 1. The van der Waals surface area contributed by atoms with Crippen molar-refractivity contribution >= 4 is 5.78 Å². The van der Waals surface area contributed by atoms with Gasteiger partial charge in [0.25, 0.3) is 0 Å². The molecular weight excluding hydrogens is 152 g/mol. The van der Waals surface area contributed by atoms with Crippen LogP contribution in [0.2, 0.25) is 0 Å². The van der Waals surface area contributed by atoms with E-state index in [2.05, 4.69) is 13.8 Å². The van der Waals surface area contributed by atoms with Gasteiger partial charge in [-0.25, -0.2) is 0 Å². The van der Waals surface area contributed by atoms with Crippen molar-refractivity contribution in [3.05, 3.63) is 0 Å². The second-order valence-corrected chi connectivity index (χ2v) is 3.70. The average molecular weight is 172 g/mol. The van der Waals surface area contributed by atoms with Crippen LogP contribution in [0.3, 0.4) is 0 Å². The van der Waals surface area contributed by atoms with Crippen molar-refractivity contribution in [3.63, 3.8) is 0 Å². The van der Waals surface area contributed by atoms with Gasteiger partial charge in [0, 0.05) is 6.42 Å². The Hall–Kier alpha value is -0.370. The minimum atomic E-state index is -0.714. The van der Waals surface area contributed by atoms with Crippen molar-refractivity contribution in [3.8, 4) is 0 Å². The molecule has 2 heteroatoms. The molecule has 0 aliphatic heterocycles. The van der Waals surface area contributed by atoms with Gasteiger partial charge < -0.3 is 5.11 Å². The standard InChI is InChI=1S/C10H20O2/c1-4-5-9(11)10(12)7-6-8(2)3/h8-9,11H,4-7H2,1-3H3. The maximum Gasteiger partial charge on any atom is 0.161 e. The lowest BCUT2D eigenvalue weighted by atomic mass is 10.0. The Kier molecular flexibility index (Phi) is 5.99. The molecule has 0 rings (SSSR count). The molecule has 1 N–H and O–H groups in total. The van der Waals surface area contributed by atoms with Gasteiger partial charge in [-0.3, -0.25) is 4.79 Å². The van der Waals surface area contributed by atoms with Gasteiger partial charge in [-0.2, -0.15) is 0 Å². The zero-order valence-corrected chi connectivity index (χ0v) is 8.34. The van der Waals surface area contributed by atoms with Crippen molar-refractivity contribution in [1.29, 1.82) is 0 Å². The maximum absolute atomic E-state index is 11.2. The first kappa shape index (κ1) is 11.6. The molecule has 0 saturated heterocycles. The first-order valence-corrected chi connectivity index (χ1v) is 4.78. The third-order valence-electron chi connectivity index (χ3n) is 1.90. The Morgan fingerprint density at radius 3 is 2.33 bits per heavy atom. The fraction of sp³-hybridized carbons (Fsp3) is 0.900. The first-order valence-electron chi connectivity index (χ1n) is 4.78. The van der Waals surface area contributed by atoms with Crippen molar-refractivity contribution in [2.45, 2.75) is 52.6 Å². The molecule has 0 heterocycles. The average Bonchev–Trinajstić information content (AvgIpc) is 2.00. The number of ketones is 1. The van der Waals surface area contributed by atoms with Crippen molar-refractivity contribution in [1.82, 2.24) is 0 Å². The maximum atomic E-state index is 11.2. The lowest BCUT2D eigenvalue weighted by molar-refractivity contribution is -0.127. The fourth-order valence-corrected chi connectivity index (χ4v) is 1.03. The topological polar surface area (TPSA) is 37.3 Å². The summed E-state index contributed by atoms with van der Waals surface area (Å²) in [5, 5.41) is 9.28. The van der Waals surface area contributed by atoms with E-state index in [0.717, 1.165) is 12.8 Å². The van der Waals surface area contributed by atoms with Crippen LogP contribution in [-0.2, 0) is 4.79 Å². The molecule has 2 nitrogen and oxygen atoms in total. The largest absolute Gasteiger partial charge is 0.385 e. The second kappa shape index (κ2) is 6.18. The zero-order chi connectivity index (χ0) is 9.56. The summed E-state index contributed by atoms with van der Waals surface area (Å²) in [5.41, 5.74) is 0. The summed E-state index contributed by atoms with van der Waals surface area (Å²) < 4.78 is 0. The number of carbonyl (C=O) groups excluding carboxylic acids is 1. The van der Waals surface area contributed by atoms with Crippen LogP contribution in [0.5, 0.6) is 0 Å². The van der Waals surface area contributed by atoms with Crippen LogP contribution in [0.1, 0.15) is 46.5 Å².